The van der Waals surface area contributed by atoms with Crippen molar-refractivity contribution in [3.05, 3.63) is 0 Å². The van der Waals surface area contributed by atoms with Gasteiger partial charge in [0.15, 0.2) is 0 Å². The third-order valence-corrected chi connectivity index (χ3v) is 2.00. The van der Waals surface area contributed by atoms with E-state index in [1.165, 1.54) is 0 Å². The molecule has 0 bridgehead atoms. The summed E-state index contributed by atoms with van der Waals surface area (Å²) in [5.41, 5.74) is 0. The predicted molar refractivity (Wildman–Crippen MR) is 53.4 cm³/mol. The van der Waals surface area contributed by atoms with Crippen molar-refractivity contribution in [2.24, 2.45) is 11.8 Å². The van der Waals surface area contributed by atoms with Crippen LogP contribution in [0.25, 0.3) is 0 Å². The molecule has 1 N–H and O–H groups in total. The molecule has 80 valence electrons. The Balaban J connectivity index is 3.75. The van der Waals surface area contributed by atoms with Crippen LogP contribution >= 0.6 is 0 Å². The molecule has 0 heterocycles. The van der Waals surface area contributed by atoms with Crippen LogP contribution in [0.4, 0.5) is 0 Å². The van der Waals surface area contributed by atoms with Gasteiger partial charge in [-0.3, -0.25) is 4.79 Å². The normalized spacial score (nSPS) is 12.2. The van der Waals surface area contributed by atoms with Gasteiger partial charge in [0.2, 0.25) is 5.91 Å². The number of hydrogen-bond acceptors (Lipinski definition) is 3. The number of methoxy groups -OCH3 is 1. The van der Waals surface area contributed by atoms with E-state index in [0.717, 1.165) is 0 Å². The summed E-state index contributed by atoms with van der Waals surface area (Å²) in [6.07, 6.45) is 0.276. The molecule has 0 aliphatic rings. The van der Waals surface area contributed by atoms with Crippen molar-refractivity contribution in [1.29, 1.82) is 5.26 Å². The lowest BCUT2D eigenvalue weighted by atomic mass is 9.94. The largest absolute Gasteiger partial charge is 0.383 e. The maximum Gasteiger partial charge on any atom is 0.221 e. The van der Waals surface area contributed by atoms with Crippen LogP contribution in [0, 0.1) is 23.2 Å². The lowest BCUT2D eigenvalue weighted by Gasteiger charge is -2.12. The Labute approximate surface area is 85.2 Å². The fourth-order valence-electron chi connectivity index (χ4n) is 0.995. The third kappa shape index (κ3) is 5.55. The topological polar surface area (TPSA) is 62.1 Å². The van der Waals surface area contributed by atoms with Gasteiger partial charge in [-0.05, 0) is 5.92 Å². The second-order valence-corrected chi connectivity index (χ2v) is 3.53. The summed E-state index contributed by atoms with van der Waals surface area (Å²) in [5, 5.41) is 11.5. The van der Waals surface area contributed by atoms with Crippen molar-refractivity contribution in [2.45, 2.75) is 20.3 Å². The van der Waals surface area contributed by atoms with E-state index in [2.05, 4.69) is 11.4 Å². The zero-order chi connectivity index (χ0) is 11.0. The van der Waals surface area contributed by atoms with Crippen LogP contribution in [-0.2, 0) is 9.53 Å². The lowest BCUT2D eigenvalue weighted by Crippen LogP contribution is -2.29. The van der Waals surface area contributed by atoms with Gasteiger partial charge in [0, 0.05) is 20.1 Å². The van der Waals surface area contributed by atoms with Gasteiger partial charge in [0.1, 0.15) is 0 Å². The van der Waals surface area contributed by atoms with Gasteiger partial charge in [-0.15, -0.1) is 0 Å². The summed E-state index contributed by atoms with van der Waals surface area (Å²) in [4.78, 5) is 11.3. The lowest BCUT2D eigenvalue weighted by molar-refractivity contribution is -0.122. The van der Waals surface area contributed by atoms with Gasteiger partial charge in [-0.1, -0.05) is 13.8 Å². The SMILES string of the molecule is COCCNC(=O)CC(C#N)C(C)C. The van der Waals surface area contributed by atoms with Crippen LogP contribution in [0.1, 0.15) is 20.3 Å². The number of carbonyl (C=O) groups is 1. The Hall–Kier alpha value is -1.08. The Morgan fingerprint density at radius 2 is 2.21 bits per heavy atom. The summed E-state index contributed by atoms with van der Waals surface area (Å²) in [7, 11) is 1.58. The maximum atomic E-state index is 11.3. The van der Waals surface area contributed by atoms with E-state index in [1.807, 2.05) is 13.8 Å². The molecular weight excluding hydrogens is 180 g/mol. The molecule has 0 aromatic heterocycles. The average Bonchev–Trinajstić information content (AvgIpc) is 2.14. The van der Waals surface area contributed by atoms with Gasteiger partial charge in [-0.2, -0.15) is 5.26 Å². The van der Waals surface area contributed by atoms with Crippen LogP contribution in [0.15, 0.2) is 0 Å². The summed E-state index contributed by atoms with van der Waals surface area (Å²) < 4.78 is 4.79. The minimum absolute atomic E-state index is 0.0812. The zero-order valence-corrected chi connectivity index (χ0v) is 9.04. The number of carbonyl (C=O) groups excluding carboxylic acids is 1. The first-order valence-electron chi connectivity index (χ1n) is 4.77. The van der Waals surface area contributed by atoms with Gasteiger partial charge < -0.3 is 10.1 Å². The number of hydrogen-bond donors (Lipinski definition) is 1. The van der Waals surface area contributed by atoms with E-state index in [0.29, 0.717) is 13.2 Å². The van der Waals surface area contributed by atoms with E-state index in [-0.39, 0.29) is 24.2 Å². The molecular formula is C10H18N2O2. The van der Waals surface area contributed by atoms with Crippen molar-refractivity contribution in [3.63, 3.8) is 0 Å². The zero-order valence-electron chi connectivity index (χ0n) is 9.04. The summed E-state index contributed by atoms with van der Waals surface area (Å²) >= 11 is 0. The highest BCUT2D eigenvalue weighted by Crippen LogP contribution is 2.13. The molecule has 1 amide bonds. The standard InChI is InChI=1S/C10H18N2O2/c1-8(2)9(7-11)6-10(13)12-4-5-14-3/h8-9H,4-6H2,1-3H3,(H,12,13). The first-order chi connectivity index (χ1) is 6.61. The Morgan fingerprint density at radius 1 is 1.57 bits per heavy atom. The maximum absolute atomic E-state index is 11.3. The molecule has 0 fully saturated rings. The minimum Gasteiger partial charge on any atom is -0.383 e. The highest BCUT2D eigenvalue weighted by Gasteiger charge is 2.16. The molecule has 0 saturated carbocycles. The van der Waals surface area contributed by atoms with Crippen LogP contribution < -0.4 is 5.32 Å². The first-order valence-corrected chi connectivity index (χ1v) is 4.77. The number of nitriles is 1. The van der Waals surface area contributed by atoms with Crippen molar-refractivity contribution in [1.82, 2.24) is 5.32 Å². The van der Waals surface area contributed by atoms with Gasteiger partial charge in [-0.25, -0.2) is 0 Å². The van der Waals surface area contributed by atoms with Gasteiger partial charge >= 0.3 is 0 Å². The molecule has 0 spiro atoms. The highest BCUT2D eigenvalue weighted by molar-refractivity contribution is 5.76. The van der Waals surface area contributed by atoms with E-state index >= 15 is 0 Å². The Morgan fingerprint density at radius 3 is 2.64 bits per heavy atom. The highest BCUT2D eigenvalue weighted by atomic mass is 16.5. The number of ether oxygens (including phenoxy) is 1. The monoisotopic (exact) mass is 198 g/mol. The molecule has 0 saturated heterocycles. The molecule has 0 aliphatic heterocycles. The minimum atomic E-state index is -0.197. The number of rotatable bonds is 6. The quantitative estimate of drug-likeness (QED) is 0.646. The van der Waals surface area contributed by atoms with Crippen LogP contribution in [-0.4, -0.2) is 26.2 Å². The molecule has 4 nitrogen and oxygen atoms in total. The second-order valence-electron chi connectivity index (χ2n) is 3.53. The van der Waals surface area contributed by atoms with Crippen LogP contribution in [0.3, 0.4) is 0 Å². The molecule has 0 radical (unpaired) electrons. The summed E-state index contributed by atoms with van der Waals surface area (Å²) in [6, 6.07) is 2.13. The van der Waals surface area contributed by atoms with Crippen molar-refractivity contribution >= 4 is 5.91 Å². The third-order valence-electron chi connectivity index (χ3n) is 2.00. The number of amides is 1. The average molecular weight is 198 g/mol. The molecule has 0 aliphatic carbocycles. The fourth-order valence-corrected chi connectivity index (χ4v) is 0.995. The van der Waals surface area contributed by atoms with Crippen LogP contribution in [0.5, 0.6) is 0 Å². The Kier molecular flexibility index (Phi) is 6.77. The smallest absolute Gasteiger partial charge is 0.221 e. The van der Waals surface area contributed by atoms with E-state index in [4.69, 9.17) is 10.00 Å². The first kappa shape index (κ1) is 12.9. The second kappa shape index (κ2) is 7.34. The molecule has 14 heavy (non-hydrogen) atoms. The molecule has 4 heteroatoms. The molecule has 0 aromatic carbocycles. The van der Waals surface area contributed by atoms with E-state index < -0.39 is 0 Å². The van der Waals surface area contributed by atoms with Crippen molar-refractivity contribution < 1.29 is 9.53 Å². The molecule has 1 atom stereocenters. The van der Waals surface area contributed by atoms with Crippen molar-refractivity contribution in [2.75, 3.05) is 20.3 Å². The fraction of sp³-hybridized carbons (Fsp3) is 0.800. The number of nitrogens with zero attached hydrogens (tertiary/aromatic N) is 1. The van der Waals surface area contributed by atoms with Crippen LogP contribution in [0.2, 0.25) is 0 Å². The summed E-state index contributed by atoms with van der Waals surface area (Å²) in [6.45, 7) is 4.89. The molecule has 0 aromatic rings. The Bertz CT molecular complexity index is 209. The number of nitrogens with one attached hydrogen (secondary N) is 1. The van der Waals surface area contributed by atoms with Crippen molar-refractivity contribution in [3.8, 4) is 6.07 Å². The predicted octanol–water partition coefficient (Wildman–Crippen LogP) is 0.935. The molecule has 1 unspecified atom stereocenters. The van der Waals surface area contributed by atoms with Gasteiger partial charge in [0.05, 0.1) is 18.6 Å². The summed E-state index contributed by atoms with van der Waals surface area (Å²) in [5.74, 6) is -0.0620. The van der Waals surface area contributed by atoms with E-state index in [1.54, 1.807) is 7.11 Å². The molecule has 0 rings (SSSR count). The van der Waals surface area contributed by atoms with Gasteiger partial charge in [0.25, 0.3) is 0 Å². The van der Waals surface area contributed by atoms with E-state index in [9.17, 15) is 4.79 Å².